The van der Waals surface area contributed by atoms with Crippen LogP contribution in [0.5, 0.6) is 11.5 Å². The summed E-state index contributed by atoms with van der Waals surface area (Å²) in [6.45, 7) is 7.06. The first-order chi connectivity index (χ1) is 12.0. The standard InChI is InChI=1S/C19H14O6/c1-3-10-14(4-2)24-18(22)12(16(10)20)9-13-17(21)11-7-5-6-8-15(11)25-19(13)23/h3-8,20-21H,1-2,9H2. The molecule has 1 aromatic carbocycles. The smallest absolute Gasteiger partial charge is 0.343 e. The second-order valence-corrected chi connectivity index (χ2v) is 5.29. The highest BCUT2D eigenvalue weighted by atomic mass is 16.4. The van der Waals surface area contributed by atoms with E-state index in [-0.39, 0.29) is 46.0 Å². The van der Waals surface area contributed by atoms with Gasteiger partial charge in [0.2, 0.25) is 0 Å². The maximum Gasteiger partial charge on any atom is 0.343 e. The van der Waals surface area contributed by atoms with Crippen molar-refractivity contribution < 1.29 is 19.0 Å². The van der Waals surface area contributed by atoms with Crippen molar-refractivity contribution in [2.75, 3.05) is 0 Å². The van der Waals surface area contributed by atoms with Crippen LogP contribution in [0, 0.1) is 0 Å². The topological polar surface area (TPSA) is 101 Å². The van der Waals surface area contributed by atoms with Crippen molar-refractivity contribution in [1.82, 2.24) is 0 Å². The van der Waals surface area contributed by atoms with E-state index in [1.165, 1.54) is 12.2 Å². The number of aromatic hydroxyl groups is 2. The molecule has 0 unspecified atom stereocenters. The Hall–Kier alpha value is -3.54. The number of fused-ring (bicyclic) bond motifs is 1. The van der Waals surface area contributed by atoms with Gasteiger partial charge in [-0.15, -0.1) is 0 Å². The lowest BCUT2D eigenvalue weighted by Gasteiger charge is -2.09. The van der Waals surface area contributed by atoms with Crippen molar-refractivity contribution in [2.45, 2.75) is 6.42 Å². The van der Waals surface area contributed by atoms with Crippen molar-refractivity contribution >= 4 is 23.1 Å². The summed E-state index contributed by atoms with van der Waals surface area (Å²) in [5.74, 6) is -0.622. The molecule has 0 bridgehead atoms. The largest absolute Gasteiger partial charge is 0.507 e. The Morgan fingerprint density at radius 3 is 2.24 bits per heavy atom. The van der Waals surface area contributed by atoms with Crippen LogP contribution < -0.4 is 11.3 Å². The number of hydrogen-bond acceptors (Lipinski definition) is 6. The second-order valence-electron chi connectivity index (χ2n) is 5.29. The first kappa shape index (κ1) is 16.3. The van der Waals surface area contributed by atoms with Crippen molar-refractivity contribution in [3.8, 4) is 11.5 Å². The van der Waals surface area contributed by atoms with Crippen LogP contribution in [0.1, 0.15) is 22.5 Å². The predicted octanol–water partition coefficient (Wildman–Crippen LogP) is 3.03. The third-order valence-corrected chi connectivity index (χ3v) is 3.88. The van der Waals surface area contributed by atoms with Gasteiger partial charge in [0.25, 0.3) is 0 Å². The molecule has 6 nitrogen and oxygen atoms in total. The quantitative estimate of drug-likeness (QED) is 0.709. The van der Waals surface area contributed by atoms with Crippen LogP contribution in [0.3, 0.4) is 0 Å². The zero-order valence-electron chi connectivity index (χ0n) is 13.1. The second kappa shape index (κ2) is 6.16. The maximum absolute atomic E-state index is 12.2. The van der Waals surface area contributed by atoms with Gasteiger partial charge >= 0.3 is 11.3 Å². The molecule has 6 heteroatoms. The van der Waals surface area contributed by atoms with Gasteiger partial charge in [0, 0.05) is 6.42 Å². The number of benzene rings is 1. The molecule has 3 rings (SSSR count). The molecule has 0 saturated carbocycles. The SMILES string of the molecule is C=Cc1oc(=O)c(Cc2c(O)c3ccccc3oc2=O)c(O)c1C=C. The Labute approximate surface area is 141 Å². The molecule has 0 spiro atoms. The van der Waals surface area contributed by atoms with Gasteiger partial charge in [0.15, 0.2) is 0 Å². The van der Waals surface area contributed by atoms with Gasteiger partial charge in [-0.25, -0.2) is 9.59 Å². The summed E-state index contributed by atoms with van der Waals surface area (Å²) >= 11 is 0. The summed E-state index contributed by atoms with van der Waals surface area (Å²) in [5.41, 5.74) is -1.58. The minimum atomic E-state index is -0.843. The van der Waals surface area contributed by atoms with Crippen LogP contribution >= 0.6 is 0 Å². The van der Waals surface area contributed by atoms with Gasteiger partial charge in [-0.2, -0.15) is 0 Å². The fraction of sp³-hybridized carbons (Fsp3) is 0.0526. The van der Waals surface area contributed by atoms with Gasteiger partial charge < -0.3 is 19.0 Å². The Bertz CT molecular complexity index is 1120. The molecule has 0 atom stereocenters. The monoisotopic (exact) mass is 338 g/mol. The molecule has 3 aromatic rings. The van der Waals surface area contributed by atoms with E-state index < -0.39 is 11.3 Å². The summed E-state index contributed by atoms with van der Waals surface area (Å²) in [7, 11) is 0. The average molecular weight is 338 g/mol. The molecule has 25 heavy (non-hydrogen) atoms. The lowest BCUT2D eigenvalue weighted by molar-refractivity contribution is 0.428. The highest BCUT2D eigenvalue weighted by Crippen LogP contribution is 2.31. The lowest BCUT2D eigenvalue weighted by atomic mass is 10.0. The van der Waals surface area contributed by atoms with E-state index >= 15 is 0 Å². The third-order valence-electron chi connectivity index (χ3n) is 3.88. The third kappa shape index (κ3) is 2.63. The molecule has 0 saturated heterocycles. The number of rotatable bonds is 4. The molecule has 0 aliphatic heterocycles. The molecule has 0 amide bonds. The summed E-state index contributed by atoms with van der Waals surface area (Å²) < 4.78 is 10.2. The summed E-state index contributed by atoms with van der Waals surface area (Å²) in [6.07, 6.45) is 2.22. The maximum atomic E-state index is 12.2. The molecule has 0 fully saturated rings. The van der Waals surface area contributed by atoms with Gasteiger partial charge in [0.1, 0.15) is 22.8 Å². The number of hydrogen-bond donors (Lipinski definition) is 2. The molecule has 0 aliphatic carbocycles. The Morgan fingerprint density at radius 2 is 1.56 bits per heavy atom. The Morgan fingerprint density at radius 1 is 0.920 bits per heavy atom. The molecule has 2 heterocycles. The zero-order valence-corrected chi connectivity index (χ0v) is 13.1. The van der Waals surface area contributed by atoms with Crippen LogP contribution in [-0.2, 0) is 6.42 Å². The molecular weight excluding hydrogens is 324 g/mol. The first-order valence-corrected chi connectivity index (χ1v) is 7.35. The van der Waals surface area contributed by atoms with E-state index in [0.717, 1.165) is 0 Å². The predicted molar refractivity (Wildman–Crippen MR) is 93.8 cm³/mol. The Kier molecular flexibility index (Phi) is 4.02. The van der Waals surface area contributed by atoms with E-state index in [2.05, 4.69) is 13.2 Å². The number of para-hydroxylation sites is 1. The van der Waals surface area contributed by atoms with Crippen molar-refractivity contribution in [3.05, 3.63) is 80.7 Å². The molecule has 0 radical (unpaired) electrons. The van der Waals surface area contributed by atoms with Crippen molar-refractivity contribution in [2.24, 2.45) is 0 Å². The average Bonchev–Trinajstić information content (AvgIpc) is 2.60. The molecular formula is C19H14O6. The minimum Gasteiger partial charge on any atom is -0.507 e. The van der Waals surface area contributed by atoms with Crippen LogP contribution in [0.2, 0.25) is 0 Å². The van der Waals surface area contributed by atoms with Crippen molar-refractivity contribution in [1.29, 1.82) is 0 Å². The molecule has 126 valence electrons. The fourth-order valence-electron chi connectivity index (χ4n) is 2.60. The highest BCUT2D eigenvalue weighted by molar-refractivity contribution is 5.84. The van der Waals surface area contributed by atoms with E-state index in [1.807, 2.05) is 0 Å². The normalized spacial score (nSPS) is 10.7. The minimum absolute atomic E-state index is 0.0658. The molecule has 2 aromatic heterocycles. The lowest BCUT2D eigenvalue weighted by Crippen LogP contribution is -2.15. The summed E-state index contributed by atoms with van der Waals surface area (Å²) in [4.78, 5) is 24.3. The Balaban J connectivity index is 2.24. The van der Waals surface area contributed by atoms with Gasteiger partial charge in [-0.1, -0.05) is 31.4 Å². The van der Waals surface area contributed by atoms with Crippen LogP contribution in [0.15, 0.2) is 55.8 Å². The van der Waals surface area contributed by atoms with E-state index in [4.69, 9.17) is 8.83 Å². The molecule has 0 aliphatic rings. The van der Waals surface area contributed by atoms with Crippen LogP contribution in [-0.4, -0.2) is 10.2 Å². The summed E-state index contributed by atoms with van der Waals surface area (Å²) in [6, 6.07) is 6.46. The first-order valence-electron chi connectivity index (χ1n) is 7.35. The summed E-state index contributed by atoms with van der Waals surface area (Å²) in [5, 5.41) is 21.1. The van der Waals surface area contributed by atoms with E-state index in [9.17, 15) is 19.8 Å². The van der Waals surface area contributed by atoms with Gasteiger partial charge in [-0.3, -0.25) is 0 Å². The van der Waals surface area contributed by atoms with Gasteiger partial charge in [-0.05, 0) is 18.2 Å². The van der Waals surface area contributed by atoms with Crippen molar-refractivity contribution in [3.63, 3.8) is 0 Å². The fourth-order valence-corrected chi connectivity index (χ4v) is 2.60. The zero-order chi connectivity index (χ0) is 18.1. The van der Waals surface area contributed by atoms with Crippen LogP contribution in [0.4, 0.5) is 0 Å². The van der Waals surface area contributed by atoms with Crippen LogP contribution in [0.25, 0.3) is 23.1 Å². The highest BCUT2D eigenvalue weighted by Gasteiger charge is 2.21. The van der Waals surface area contributed by atoms with E-state index in [0.29, 0.717) is 5.39 Å². The molecule has 2 N–H and O–H groups in total. The van der Waals surface area contributed by atoms with E-state index in [1.54, 1.807) is 24.3 Å². The van der Waals surface area contributed by atoms with Gasteiger partial charge in [0.05, 0.1) is 22.1 Å².